The first-order valence-electron chi connectivity index (χ1n) is 8.49. The van der Waals surface area contributed by atoms with Gasteiger partial charge >= 0.3 is 0 Å². The second kappa shape index (κ2) is 7.34. The molecule has 0 unspecified atom stereocenters. The van der Waals surface area contributed by atoms with Crippen LogP contribution >= 0.6 is 11.3 Å². The number of carbonyl (C=O) groups is 3. The fraction of sp³-hybridized carbons (Fsp3) is 0.588. The first-order chi connectivity index (χ1) is 11.5. The lowest BCUT2D eigenvalue weighted by Gasteiger charge is -2.14. The number of thiophene rings is 1. The van der Waals surface area contributed by atoms with E-state index in [0.717, 1.165) is 55.4 Å². The highest BCUT2D eigenvalue weighted by molar-refractivity contribution is 7.17. The van der Waals surface area contributed by atoms with Crippen LogP contribution in [0.2, 0.25) is 0 Å². The van der Waals surface area contributed by atoms with Crippen molar-refractivity contribution in [1.82, 2.24) is 5.32 Å². The van der Waals surface area contributed by atoms with Gasteiger partial charge in [0.15, 0.2) is 0 Å². The summed E-state index contributed by atoms with van der Waals surface area (Å²) < 4.78 is 0. The Morgan fingerprint density at radius 3 is 2.54 bits per heavy atom. The van der Waals surface area contributed by atoms with Crippen molar-refractivity contribution in [2.75, 3.05) is 5.32 Å². The average Bonchev–Trinajstić information content (AvgIpc) is 3.22. The second-order valence-corrected chi connectivity index (χ2v) is 7.54. The van der Waals surface area contributed by atoms with Gasteiger partial charge in [-0.2, -0.15) is 0 Å². The van der Waals surface area contributed by atoms with Crippen molar-refractivity contribution >= 4 is 34.1 Å². The summed E-state index contributed by atoms with van der Waals surface area (Å²) in [5.41, 5.74) is 1.63. The predicted octanol–water partition coefficient (Wildman–Crippen LogP) is 1.38. The summed E-state index contributed by atoms with van der Waals surface area (Å²) in [5.74, 6) is -1.76. The van der Waals surface area contributed by atoms with Crippen molar-refractivity contribution in [3.8, 4) is 0 Å². The van der Waals surface area contributed by atoms with Crippen LogP contribution in [0.5, 0.6) is 0 Å². The number of carboxylic acid groups (broad SMARTS) is 1. The highest BCUT2D eigenvalue weighted by atomic mass is 32.1. The van der Waals surface area contributed by atoms with Crippen LogP contribution in [0, 0.1) is 0 Å². The first-order valence-corrected chi connectivity index (χ1v) is 9.31. The van der Waals surface area contributed by atoms with Gasteiger partial charge in [-0.1, -0.05) is 12.8 Å². The molecule has 0 radical (unpaired) electrons. The monoisotopic (exact) mass is 349 g/mol. The molecule has 2 aliphatic rings. The van der Waals surface area contributed by atoms with Gasteiger partial charge in [-0.15, -0.1) is 11.3 Å². The van der Waals surface area contributed by atoms with Crippen molar-refractivity contribution in [3.05, 3.63) is 16.0 Å². The van der Waals surface area contributed by atoms with Gasteiger partial charge in [-0.25, -0.2) is 0 Å². The van der Waals surface area contributed by atoms with E-state index in [4.69, 9.17) is 0 Å². The van der Waals surface area contributed by atoms with Gasteiger partial charge in [0.1, 0.15) is 5.00 Å². The van der Waals surface area contributed by atoms with Gasteiger partial charge in [0.05, 0.1) is 5.56 Å². The Balaban J connectivity index is 1.75. The summed E-state index contributed by atoms with van der Waals surface area (Å²) in [4.78, 5) is 36.3. The Kier molecular flexibility index (Phi) is 5.18. The van der Waals surface area contributed by atoms with E-state index < -0.39 is 11.9 Å². The minimum absolute atomic E-state index is 0.114. The van der Waals surface area contributed by atoms with E-state index in [1.165, 1.54) is 11.3 Å². The summed E-state index contributed by atoms with van der Waals surface area (Å²) in [7, 11) is 0. The van der Waals surface area contributed by atoms with Crippen molar-refractivity contribution in [2.45, 2.75) is 63.8 Å². The molecule has 0 bridgehead atoms. The zero-order valence-electron chi connectivity index (χ0n) is 13.5. The smallest absolute Gasteiger partial charge is 0.254 e. The van der Waals surface area contributed by atoms with Crippen LogP contribution in [0.4, 0.5) is 5.00 Å². The molecule has 3 rings (SSSR count). The summed E-state index contributed by atoms with van der Waals surface area (Å²) in [6, 6.07) is 0.219. The molecule has 2 aliphatic carbocycles. The zero-order chi connectivity index (χ0) is 17.1. The largest absolute Gasteiger partial charge is 0.550 e. The van der Waals surface area contributed by atoms with Crippen molar-refractivity contribution in [3.63, 3.8) is 0 Å². The maximum absolute atomic E-state index is 12.7. The molecule has 2 N–H and O–H groups in total. The SMILES string of the molecule is O=C([O-])CCC(=O)Nc1sc2c(c1C(=O)NC1CCCC1)CCC2. The summed E-state index contributed by atoms with van der Waals surface area (Å²) in [5, 5.41) is 16.9. The lowest BCUT2D eigenvalue weighted by atomic mass is 10.1. The Morgan fingerprint density at radius 2 is 1.83 bits per heavy atom. The van der Waals surface area contributed by atoms with Gasteiger partial charge in [0.2, 0.25) is 5.91 Å². The molecule has 1 aromatic heterocycles. The number of amides is 2. The highest BCUT2D eigenvalue weighted by Crippen LogP contribution is 2.39. The van der Waals surface area contributed by atoms with Crippen molar-refractivity contribution < 1.29 is 19.5 Å². The number of rotatable bonds is 6. The van der Waals surface area contributed by atoms with E-state index in [2.05, 4.69) is 10.6 Å². The Bertz CT molecular complexity index is 662. The van der Waals surface area contributed by atoms with Crippen molar-refractivity contribution in [1.29, 1.82) is 0 Å². The van der Waals surface area contributed by atoms with E-state index in [0.29, 0.717) is 10.6 Å². The van der Waals surface area contributed by atoms with E-state index in [-0.39, 0.29) is 24.8 Å². The molecular formula is C17H21N2O4S-. The third-order valence-corrected chi connectivity index (χ3v) is 5.86. The number of hydrogen-bond donors (Lipinski definition) is 2. The van der Waals surface area contributed by atoms with Gasteiger partial charge < -0.3 is 20.5 Å². The van der Waals surface area contributed by atoms with E-state index in [9.17, 15) is 19.5 Å². The predicted molar refractivity (Wildman–Crippen MR) is 88.9 cm³/mol. The molecule has 1 aromatic rings. The molecule has 7 heteroatoms. The molecule has 6 nitrogen and oxygen atoms in total. The fourth-order valence-electron chi connectivity index (χ4n) is 3.46. The topological polar surface area (TPSA) is 98.3 Å². The molecule has 1 fully saturated rings. The molecular weight excluding hydrogens is 328 g/mol. The van der Waals surface area contributed by atoms with E-state index >= 15 is 0 Å². The number of nitrogens with one attached hydrogen (secondary N) is 2. The lowest BCUT2D eigenvalue weighted by Crippen LogP contribution is -2.33. The third kappa shape index (κ3) is 3.77. The lowest BCUT2D eigenvalue weighted by molar-refractivity contribution is -0.305. The molecule has 24 heavy (non-hydrogen) atoms. The molecule has 0 saturated heterocycles. The fourth-order valence-corrected chi connectivity index (χ4v) is 4.77. The van der Waals surface area contributed by atoms with Crippen molar-refractivity contribution in [2.24, 2.45) is 0 Å². The van der Waals surface area contributed by atoms with E-state index in [1.807, 2.05) is 0 Å². The van der Waals surface area contributed by atoms with Gasteiger partial charge in [0.25, 0.3) is 5.91 Å². The van der Waals surface area contributed by atoms with Crippen LogP contribution < -0.4 is 15.7 Å². The minimum atomic E-state index is -1.25. The molecule has 1 saturated carbocycles. The van der Waals surface area contributed by atoms with Gasteiger partial charge in [0, 0.05) is 23.3 Å². The molecule has 0 aliphatic heterocycles. The number of carboxylic acids is 1. The maximum Gasteiger partial charge on any atom is 0.254 e. The number of anilines is 1. The zero-order valence-corrected chi connectivity index (χ0v) is 14.3. The van der Waals surface area contributed by atoms with Crippen LogP contribution in [0.25, 0.3) is 0 Å². The van der Waals surface area contributed by atoms with Crippen LogP contribution in [0.3, 0.4) is 0 Å². The highest BCUT2D eigenvalue weighted by Gasteiger charge is 2.29. The standard InChI is InChI=1S/C17H22N2O4S/c20-13(8-9-14(21)22)19-17-15(11-6-3-7-12(11)24-17)16(23)18-10-4-1-2-5-10/h10H,1-9H2,(H,18,23)(H,19,20)(H,21,22)/p-1. The third-order valence-electron chi connectivity index (χ3n) is 4.65. The Hall–Kier alpha value is -1.89. The molecule has 0 spiro atoms. The Labute approximate surface area is 144 Å². The molecule has 130 valence electrons. The molecule has 0 atom stereocenters. The number of carbonyl (C=O) groups excluding carboxylic acids is 3. The number of aliphatic carboxylic acids is 1. The summed E-state index contributed by atoms with van der Waals surface area (Å²) in [6.45, 7) is 0. The minimum Gasteiger partial charge on any atom is -0.550 e. The summed E-state index contributed by atoms with van der Waals surface area (Å²) >= 11 is 1.44. The van der Waals surface area contributed by atoms with Crippen LogP contribution in [0.1, 0.15) is 65.7 Å². The van der Waals surface area contributed by atoms with Gasteiger partial charge in [-0.3, -0.25) is 9.59 Å². The average molecular weight is 349 g/mol. The second-order valence-electron chi connectivity index (χ2n) is 6.44. The summed E-state index contributed by atoms with van der Waals surface area (Å²) in [6.07, 6.45) is 6.64. The first kappa shape index (κ1) is 17.0. The van der Waals surface area contributed by atoms with Crippen LogP contribution in [-0.4, -0.2) is 23.8 Å². The maximum atomic E-state index is 12.7. The van der Waals surface area contributed by atoms with Gasteiger partial charge in [-0.05, 0) is 44.1 Å². The number of aryl methyl sites for hydroxylation is 1. The quantitative estimate of drug-likeness (QED) is 0.810. The number of fused-ring (bicyclic) bond motifs is 1. The number of hydrogen-bond acceptors (Lipinski definition) is 5. The van der Waals surface area contributed by atoms with Crippen LogP contribution in [0.15, 0.2) is 0 Å². The van der Waals surface area contributed by atoms with E-state index in [1.54, 1.807) is 0 Å². The Morgan fingerprint density at radius 1 is 1.08 bits per heavy atom. The van der Waals surface area contributed by atoms with Crippen LogP contribution in [-0.2, 0) is 22.4 Å². The molecule has 0 aromatic carbocycles. The molecule has 2 amide bonds. The molecule has 1 heterocycles. The normalized spacial score (nSPS) is 16.8.